The lowest BCUT2D eigenvalue weighted by atomic mass is 9.98. The number of ether oxygens (including phenoxy) is 3. The van der Waals surface area contributed by atoms with Gasteiger partial charge in [0, 0.05) is 45.0 Å². The number of methoxy groups -OCH3 is 3. The molecule has 3 aromatic rings. The average Bonchev–Trinajstić information content (AvgIpc) is 3.40. The van der Waals surface area contributed by atoms with Gasteiger partial charge in [0.05, 0.1) is 27.9 Å². The van der Waals surface area contributed by atoms with Crippen LogP contribution in [-0.2, 0) is 19.5 Å². The molecule has 0 bridgehead atoms. The Hall–Kier alpha value is -3.65. The molecular formula is C28H33N3O5. The van der Waals surface area contributed by atoms with Gasteiger partial charge in [-0.15, -0.1) is 0 Å². The predicted molar refractivity (Wildman–Crippen MR) is 137 cm³/mol. The van der Waals surface area contributed by atoms with Crippen LogP contribution in [0.3, 0.4) is 0 Å². The lowest BCUT2D eigenvalue weighted by Crippen LogP contribution is -2.48. The van der Waals surface area contributed by atoms with E-state index in [1.165, 1.54) is 11.1 Å². The molecule has 2 aliphatic rings. The third kappa shape index (κ3) is 4.99. The molecule has 0 unspecified atom stereocenters. The van der Waals surface area contributed by atoms with Crippen molar-refractivity contribution >= 4 is 11.6 Å². The van der Waals surface area contributed by atoms with Crippen LogP contribution in [0, 0.1) is 0 Å². The number of carbonyl (C=O) groups excluding carboxylic acids is 1. The fourth-order valence-corrected chi connectivity index (χ4v) is 4.99. The molecule has 0 spiro atoms. The Bertz CT molecular complexity index is 1200. The molecule has 1 aromatic heterocycles. The summed E-state index contributed by atoms with van der Waals surface area (Å²) in [5, 5.41) is 0. The van der Waals surface area contributed by atoms with Crippen molar-refractivity contribution in [3.05, 3.63) is 71.2 Å². The van der Waals surface area contributed by atoms with Gasteiger partial charge in [-0.2, -0.15) is 0 Å². The minimum Gasteiger partial charge on any atom is -0.497 e. The Labute approximate surface area is 211 Å². The first-order valence-corrected chi connectivity index (χ1v) is 12.3. The quantitative estimate of drug-likeness (QED) is 0.498. The number of nitrogens with zero attached hydrogens (tertiary/aromatic N) is 3. The van der Waals surface area contributed by atoms with Gasteiger partial charge in [0.1, 0.15) is 11.5 Å². The Morgan fingerprint density at radius 2 is 1.53 bits per heavy atom. The van der Waals surface area contributed by atoms with Crippen LogP contribution in [0.25, 0.3) is 0 Å². The molecule has 0 aliphatic carbocycles. The van der Waals surface area contributed by atoms with Crippen LogP contribution in [0.1, 0.15) is 27.4 Å². The molecule has 1 saturated heterocycles. The highest BCUT2D eigenvalue weighted by molar-refractivity contribution is 5.91. The molecule has 190 valence electrons. The maximum Gasteiger partial charge on any atom is 0.289 e. The van der Waals surface area contributed by atoms with Gasteiger partial charge in [-0.1, -0.05) is 0 Å². The molecule has 3 heterocycles. The molecule has 1 amide bonds. The van der Waals surface area contributed by atoms with E-state index in [-0.39, 0.29) is 5.91 Å². The highest BCUT2D eigenvalue weighted by Gasteiger charge is 2.25. The number of amides is 1. The molecule has 8 heteroatoms. The van der Waals surface area contributed by atoms with Crippen molar-refractivity contribution in [3.8, 4) is 17.2 Å². The van der Waals surface area contributed by atoms with E-state index in [9.17, 15) is 4.79 Å². The Balaban J connectivity index is 1.17. The maximum absolute atomic E-state index is 13.1. The van der Waals surface area contributed by atoms with E-state index in [0.29, 0.717) is 25.4 Å². The zero-order valence-corrected chi connectivity index (χ0v) is 21.2. The van der Waals surface area contributed by atoms with Gasteiger partial charge in [0.25, 0.3) is 5.91 Å². The number of hydrogen-bond acceptors (Lipinski definition) is 7. The van der Waals surface area contributed by atoms with Crippen LogP contribution in [0.4, 0.5) is 5.69 Å². The van der Waals surface area contributed by atoms with E-state index in [1.807, 2.05) is 23.1 Å². The number of piperazine rings is 1. The summed E-state index contributed by atoms with van der Waals surface area (Å²) in [7, 11) is 4.99. The highest BCUT2D eigenvalue weighted by atomic mass is 16.5. The molecule has 36 heavy (non-hydrogen) atoms. The highest BCUT2D eigenvalue weighted by Crippen LogP contribution is 2.33. The lowest BCUT2D eigenvalue weighted by molar-refractivity contribution is 0.0710. The summed E-state index contributed by atoms with van der Waals surface area (Å²) in [6, 6.07) is 15.9. The topological polar surface area (TPSA) is 67.6 Å². The number of hydrogen-bond donors (Lipinski definition) is 0. The van der Waals surface area contributed by atoms with Crippen molar-refractivity contribution in [3.63, 3.8) is 0 Å². The summed E-state index contributed by atoms with van der Waals surface area (Å²) in [6.07, 6.45) is 0.931. The molecule has 1 fully saturated rings. The first kappa shape index (κ1) is 24.1. The minimum atomic E-state index is -0.0450. The summed E-state index contributed by atoms with van der Waals surface area (Å²) in [5.41, 5.74) is 3.66. The van der Waals surface area contributed by atoms with Gasteiger partial charge < -0.3 is 28.4 Å². The van der Waals surface area contributed by atoms with Crippen LogP contribution in [0.5, 0.6) is 17.2 Å². The summed E-state index contributed by atoms with van der Waals surface area (Å²) < 4.78 is 22.2. The van der Waals surface area contributed by atoms with Gasteiger partial charge >= 0.3 is 0 Å². The summed E-state index contributed by atoms with van der Waals surface area (Å²) in [4.78, 5) is 19.6. The van der Waals surface area contributed by atoms with E-state index in [1.54, 1.807) is 27.4 Å². The van der Waals surface area contributed by atoms with Crippen molar-refractivity contribution in [2.24, 2.45) is 0 Å². The van der Waals surface area contributed by atoms with Crippen LogP contribution in [0.15, 0.2) is 52.9 Å². The maximum atomic E-state index is 13.1. The molecule has 0 saturated carbocycles. The van der Waals surface area contributed by atoms with Gasteiger partial charge in [-0.25, -0.2) is 0 Å². The number of furan rings is 1. The normalized spacial score (nSPS) is 16.0. The van der Waals surface area contributed by atoms with Gasteiger partial charge in [0.2, 0.25) is 0 Å². The summed E-state index contributed by atoms with van der Waals surface area (Å²) in [6.45, 7) is 5.27. The fourth-order valence-electron chi connectivity index (χ4n) is 4.99. The second-order valence-corrected chi connectivity index (χ2v) is 9.18. The second-order valence-electron chi connectivity index (χ2n) is 9.18. The van der Waals surface area contributed by atoms with Crippen LogP contribution >= 0.6 is 0 Å². The standard InChI is InChI=1S/C28H33N3O5/c1-33-23-6-4-22(5-7-23)30-12-14-31(15-13-30)28(32)25-9-8-24(36-25)19-29-11-10-20-16-26(34-2)27(35-3)17-21(20)18-29/h4-9,16-17H,10-15,18-19H2,1-3H3. The van der Waals surface area contributed by atoms with E-state index < -0.39 is 0 Å². The Kier molecular flexibility index (Phi) is 7.04. The van der Waals surface area contributed by atoms with Crippen molar-refractivity contribution in [1.29, 1.82) is 0 Å². The first-order chi connectivity index (χ1) is 17.6. The van der Waals surface area contributed by atoms with Crippen LogP contribution in [0.2, 0.25) is 0 Å². The van der Waals surface area contributed by atoms with Gasteiger partial charge in [-0.05, 0) is 66.1 Å². The smallest absolute Gasteiger partial charge is 0.289 e. The van der Waals surface area contributed by atoms with E-state index in [2.05, 4.69) is 34.1 Å². The van der Waals surface area contributed by atoms with Crippen LogP contribution < -0.4 is 19.1 Å². The second kappa shape index (κ2) is 10.5. The number of anilines is 1. The lowest BCUT2D eigenvalue weighted by Gasteiger charge is -2.35. The molecule has 2 aliphatic heterocycles. The Morgan fingerprint density at radius 3 is 2.19 bits per heavy atom. The molecule has 5 rings (SSSR count). The number of benzene rings is 2. The van der Waals surface area contributed by atoms with E-state index >= 15 is 0 Å². The summed E-state index contributed by atoms with van der Waals surface area (Å²) >= 11 is 0. The summed E-state index contributed by atoms with van der Waals surface area (Å²) in [5.74, 6) is 3.53. The van der Waals surface area contributed by atoms with Gasteiger partial charge in [-0.3, -0.25) is 9.69 Å². The third-order valence-corrected chi connectivity index (χ3v) is 7.05. The first-order valence-electron chi connectivity index (χ1n) is 12.3. The average molecular weight is 492 g/mol. The number of carbonyl (C=O) groups is 1. The monoisotopic (exact) mass is 491 g/mol. The molecule has 2 aromatic carbocycles. The SMILES string of the molecule is COc1ccc(N2CCN(C(=O)c3ccc(CN4CCc5cc(OC)c(OC)cc5C4)o3)CC2)cc1. The van der Waals surface area contributed by atoms with Crippen molar-refractivity contribution < 1.29 is 23.4 Å². The number of rotatable bonds is 7. The van der Waals surface area contributed by atoms with Crippen molar-refractivity contribution in [2.45, 2.75) is 19.5 Å². The van der Waals surface area contributed by atoms with Crippen molar-refractivity contribution in [2.75, 3.05) is 59.0 Å². The van der Waals surface area contributed by atoms with Gasteiger partial charge in [0.15, 0.2) is 17.3 Å². The number of fused-ring (bicyclic) bond motifs is 1. The molecule has 0 atom stereocenters. The predicted octanol–water partition coefficient (Wildman–Crippen LogP) is 3.83. The zero-order valence-electron chi connectivity index (χ0n) is 21.2. The largest absolute Gasteiger partial charge is 0.497 e. The van der Waals surface area contributed by atoms with E-state index in [4.69, 9.17) is 18.6 Å². The molecule has 0 N–H and O–H groups in total. The zero-order chi connectivity index (χ0) is 25.1. The minimum absolute atomic E-state index is 0.0450. The Morgan fingerprint density at radius 1 is 0.833 bits per heavy atom. The molecular weight excluding hydrogens is 458 g/mol. The molecule has 8 nitrogen and oxygen atoms in total. The fraction of sp³-hybridized carbons (Fsp3) is 0.393. The molecule has 0 radical (unpaired) electrons. The van der Waals surface area contributed by atoms with Crippen LogP contribution in [-0.4, -0.2) is 69.8 Å². The van der Waals surface area contributed by atoms with E-state index in [0.717, 1.165) is 61.3 Å². The third-order valence-electron chi connectivity index (χ3n) is 7.05. The van der Waals surface area contributed by atoms with Crippen molar-refractivity contribution in [1.82, 2.24) is 9.80 Å².